The number of carbonyl (C=O) groups is 4. The van der Waals surface area contributed by atoms with Gasteiger partial charge in [0.1, 0.15) is 0 Å². The Kier molecular flexibility index (Phi) is 7.62. The van der Waals surface area contributed by atoms with Gasteiger partial charge in [-0.05, 0) is 55.4 Å². The van der Waals surface area contributed by atoms with Crippen molar-refractivity contribution in [2.24, 2.45) is 23.7 Å². The van der Waals surface area contributed by atoms with Crippen molar-refractivity contribution in [2.45, 2.75) is 79.6 Å². The molecule has 1 saturated carbocycles. The van der Waals surface area contributed by atoms with Gasteiger partial charge in [-0.25, -0.2) is 0 Å². The van der Waals surface area contributed by atoms with E-state index in [1.165, 1.54) is 9.80 Å². The summed E-state index contributed by atoms with van der Waals surface area (Å²) in [7, 11) is 0. The fraction of sp³-hybridized carbons (Fsp3) is 0.800. The number of hydrogen-bond donors (Lipinski definition) is 2. The van der Waals surface area contributed by atoms with Crippen LogP contribution < -0.4 is 0 Å². The van der Waals surface area contributed by atoms with Crippen LogP contribution in [-0.2, 0) is 19.2 Å². The van der Waals surface area contributed by atoms with Gasteiger partial charge in [0.15, 0.2) is 0 Å². The average molecular weight is 399 g/mol. The monoisotopic (exact) mass is 398 g/mol. The second-order valence-electron chi connectivity index (χ2n) is 8.65. The number of carboxylic acid groups (broad SMARTS) is 2. The maximum Gasteiger partial charge on any atom is 0.308 e. The zero-order chi connectivity index (χ0) is 22.1. The number of amides is 2. The lowest BCUT2D eigenvalue weighted by Gasteiger charge is -2.50. The first-order valence-electron chi connectivity index (χ1n) is 9.85. The maximum atomic E-state index is 13.3. The van der Waals surface area contributed by atoms with E-state index in [0.29, 0.717) is 0 Å². The summed E-state index contributed by atoms with van der Waals surface area (Å²) >= 11 is 0. The molecule has 28 heavy (non-hydrogen) atoms. The van der Waals surface area contributed by atoms with Gasteiger partial charge in [0.2, 0.25) is 11.8 Å². The smallest absolute Gasteiger partial charge is 0.308 e. The highest BCUT2D eigenvalue weighted by Crippen LogP contribution is 2.49. The molecule has 0 radical (unpaired) electrons. The Labute approximate surface area is 166 Å². The van der Waals surface area contributed by atoms with Crippen molar-refractivity contribution in [3.8, 4) is 0 Å². The normalized spacial score (nSPS) is 24.4. The molecule has 1 fully saturated rings. The summed E-state index contributed by atoms with van der Waals surface area (Å²) in [6.07, 6.45) is 0. The zero-order valence-corrected chi connectivity index (χ0v) is 18.0. The third-order valence-corrected chi connectivity index (χ3v) is 5.42. The lowest BCUT2D eigenvalue weighted by Crippen LogP contribution is -2.66. The first-order valence-corrected chi connectivity index (χ1v) is 9.85. The lowest BCUT2D eigenvalue weighted by atomic mass is 9.55. The molecular weight excluding hydrogens is 364 g/mol. The summed E-state index contributed by atoms with van der Waals surface area (Å²) in [5.74, 6) is -8.86. The minimum absolute atomic E-state index is 0.201. The molecule has 4 atom stereocenters. The SMILES string of the molecule is CC(C)N(C(=O)C1C(C(=O)O)C(C(=O)O)C1C(=O)N(C(C)C)C(C)C)C(C)C. The number of hydrogen-bond acceptors (Lipinski definition) is 4. The molecule has 2 N–H and O–H groups in total. The molecule has 0 spiro atoms. The topological polar surface area (TPSA) is 115 Å². The van der Waals surface area contributed by atoms with Crippen LogP contribution >= 0.6 is 0 Å². The Morgan fingerprint density at radius 2 is 0.750 bits per heavy atom. The van der Waals surface area contributed by atoms with Crippen molar-refractivity contribution in [1.82, 2.24) is 9.80 Å². The van der Waals surface area contributed by atoms with E-state index in [0.717, 1.165) is 0 Å². The number of carboxylic acids is 2. The molecule has 8 nitrogen and oxygen atoms in total. The molecule has 0 heterocycles. The van der Waals surface area contributed by atoms with Gasteiger partial charge in [-0.15, -0.1) is 0 Å². The first kappa shape index (κ1) is 23.9. The van der Waals surface area contributed by atoms with Gasteiger partial charge in [0.25, 0.3) is 0 Å². The van der Waals surface area contributed by atoms with E-state index >= 15 is 0 Å². The van der Waals surface area contributed by atoms with Crippen LogP contribution in [0, 0.1) is 23.7 Å². The average Bonchev–Trinajstić information content (AvgIpc) is 2.42. The summed E-state index contributed by atoms with van der Waals surface area (Å²) in [4.78, 5) is 53.2. The number of aliphatic carboxylic acids is 2. The quantitative estimate of drug-likeness (QED) is 0.645. The predicted octanol–water partition coefficient (Wildman–Crippen LogP) is 1.92. The Hall–Kier alpha value is -2.12. The Bertz CT molecular complexity index is 558. The van der Waals surface area contributed by atoms with Gasteiger partial charge in [0, 0.05) is 24.2 Å². The van der Waals surface area contributed by atoms with Crippen LogP contribution in [0.4, 0.5) is 0 Å². The third-order valence-electron chi connectivity index (χ3n) is 5.42. The molecule has 1 rings (SSSR count). The summed E-state index contributed by atoms with van der Waals surface area (Å²) < 4.78 is 0. The van der Waals surface area contributed by atoms with E-state index in [-0.39, 0.29) is 24.2 Å². The molecule has 8 heteroatoms. The van der Waals surface area contributed by atoms with Gasteiger partial charge < -0.3 is 20.0 Å². The largest absolute Gasteiger partial charge is 0.481 e. The summed E-state index contributed by atoms with van der Waals surface area (Å²) in [5.41, 5.74) is 0. The van der Waals surface area contributed by atoms with Crippen LogP contribution in [0.1, 0.15) is 55.4 Å². The van der Waals surface area contributed by atoms with E-state index < -0.39 is 47.4 Å². The van der Waals surface area contributed by atoms with Crippen LogP contribution in [0.15, 0.2) is 0 Å². The molecule has 1 aliphatic rings. The van der Waals surface area contributed by atoms with Crippen molar-refractivity contribution in [3.05, 3.63) is 0 Å². The molecule has 0 aliphatic heterocycles. The van der Waals surface area contributed by atoms with E-state index in [4.69, 9.17) is 0 Å². The molecule has 160 valence electrons. The van der Waals surface area contributed by atoms with Crippen molar-refractivity contribution >= 4 is 23.8 Å². The molecule has 0 bridgehead atoms. The molecule has 4 unspecified atom stereocenters. The Morgan fingerprint density at radius 1 is 0.536 bits per heavy atom. The van der Waals surface area contributed by atoms with Crippen molar-refractivity contribution < 1.29 is 29.4 Å². The zero-order valence-electron chi connectivity index (χ0n) is 18.0. The van der Waals surface area contributed by atoms with Crippen LogP contribution in [0.3, 0.4) is 0 Å². The third kappa shape index (κ3) is 4.31. The van der Waals surface area contributed by atoms with E-state index in [1.54, 1.807) is 0 Å². The Morgan fingerprint density at radius 3 is 0.893 bits per heavy atom. The molecule has 2 amide bonds. The second kappa shape index (κ2) is 8.92. The van der Waals surface area contributed by atoms with Crippen molar-refractivity contribution in [3.63, 3.8) is 0 Å². The fourth-order valence-corrected chi connectivity index (χ4v) is 4.53. The highest BCUT2D eigenvalue weighted by atomic mass is 16.4. The highest BCUT2D eigenvalue weighted by molar-refractivity contribution is 6.00. The van der Waals surface area contributed by atoms with E-state index in [1.807, 2.05) is 55.4 Å². The van der Waals surface area contributed by atoms with Gasteiger partial charge >= 0.3 is 11.9 Å². The fourth-order valence-electron chi connectivity index (χ4n) is 4.53. The second-order valence-corrected chi connectivity index (χ2v) is 8.65. The molecule has 1 aliphatic carbocycles. The lowest BCUT2D eigenvalue weighted by molar-refractivity contribution is -0.189. The minimum Gasteiger partial charge on any atom is -0.481 e. The van der Waals surface area contributed by atoms with Crippen LogP contribution in [0.25, 0.3) is 0 Å². The molecule has 0 saturated heterocycles. The summed E-state index contributed by atoms with van der Waals surface area (Å²) in [6, 6.07) is -0.804. The molecule has 0 aromatic carbocycles. The maximum absolute atomic E-state index is 13.3. The summed E-state index contributed by atoms with van der Waals surface area (Å²) in [5, 5.41) is 19.3. The molecule has 0 aromatic heterocycles. The number of nitrogens with zero attached hydrogens (tertiary/aromatic N) is 2. The van der Waals surface area contributed by atoms with Gasteiger partial charge in [-0.3, -0.25) is 19.2 Å². The van der Waals surface area contributed by atoms with Gasteiger partial charge in [-0.1, -0.05) is 0 Å². The molecule has 0 aromatic rings. The minimum atomic E-state index is -1.42. The van der Waals surface area contributed by atoms with Crippen LogP contribution in [0.2, 0.25) is 0 Å². The highest BCUT2D eigenvalue weighted by Gasteiger charge is 2.65. The van der Waals surface area contributed by atoms with E-state index in [2.05, 4.69) is 0 Å². The Balaban J connectivity index is 3.46. The predicted molar refractivity (Wildman–Crippen MR) is 103 cm³/mol. The van der Waals surface area contributed by atoms with Crippen LogP contribution in [0.5, 0.6) is 0 Å². The summed E-state index contributed by atoms with van der Waals surface area (Å²) in [6.45, 7) is 14.5. The first-order chi connectivity index (χ1) is 12.7. The number of rotatable bonds is 8. The number of carbonyl (C=O) groups excluding carboxylic acids is 2. The van der Waals surface area contributed by atoms with E-state index in [9.17, 15) is 29.4 Å². The standard InChI is InChI=1S/C20H34N2O6/c1-9(2)21(10(3)4)17(23)13-14(16(20(27)28)15(13)19(25)26)18(24)22(11(5)6)12(7)8/h9-16H,1-8H3,(H,25,26)(H,27,28). The van der Waals surface area contributed by atoms with Crippen LogP contribution in [-0.4, -0.2) is 67.9 Å². The van der Waals surface area contributed by atoms with Gasteiger partial charge in [-0.2, -0.15) is 0 Å². The van der Waals surface area contributed by atoms with Gasteiger partial charge in [0.05, 0.1) is 23.7 Å². The molecular formula is C20H34N2O6. The van der Waals surface area contributed by atoms with Crippen molar-refractivity contribution in [1.29, 1.82) is 0 Å². The van der Waals surface area contributed by atoms with Crippen molar-refractivity contribution in [2.75, 3.05) is 0 Å².